The molecule has 0 spiro atoms. The molecule has 0 aliphatic rings. The lowest BCUT2D eigenvalue weighted by atomic mass is 9.88. The van der Waals surface area contributed by atoms with Gasteiger partial charge in [-0.15, -0.1) is 0 Å². The second kappa shape index (κ2) is 9.64. The third-order valence-corrected chi connectivity index (χ3v) is 4.13. The third-order valence-electron chi connectivity index (χ3n) is 4.13. The van der Waals surface area contributed by atoms with E-state index >= 15 is 0 Å². The first kappa shape index (κ1) is 21.1. The van der Waals surface area contributed by atoms with Gasteiger partial charge >= 0.3 is 5.97 Å². The van der Waals surface area contributed by atoms with Crippen molar-refractivity contribution in [2.75, 3.05) is 20.3 Å². The Morgan fingerprint density at radius 2 is 1.75 bits per heavy atom. The highest BCUT2D eigenvalue weighted by Gasteiger charge is 2.32. The number of aliphatic carboxylic acids is 1. The predicted molar refractivity (Wildman–Crippen MR) is 104 cm³/mol. The fraction of sp³-hybridized carbons (Fsp3) is 0.333. The van der Waals surface area contributed by atoms with Gasteiger partial charge in [-0.1, -0.05) is 24.3 Å². The Morgan fingerprint density at radius 1 is 1.07 bits per heavy atom. The van der Waals surface area contributed by atoms with E-state index in [0.29, 0.717) is 29.4 Å². The Labute approximate surface area is 164 Å². The highest BCUT2D eigenvalue weighted by molar-refractivity contribution is 5.80. The Hall–Kier alpha value is -3.22. The Kier molecular flexibility index (Phi) is 7.26. The first-order valence-electron chi connectivity index (χ1n) is 8.90. The molecule has 0 fully saturated rings. The number of methoxy groups -OCH3 is 1. The first-order valence-corrected chi connectivity index (χ1v) is 8.90. The number of carboxylic acid groups (broad SMARTS) is 1. The zero-order chi connectivity index (χ0) is 20.6. The molecule has 0 aromatic heterocycles. The van der Waals surface area contributed by atoms with E-state index in [0.717, 1.165) is 0 Å². The number of carbonyl (C=O) groups is 2. The van der Waals surface area contributed by atoms with Crippen LogP contribution < -0.4 is 19.5 Å². The number of carbonyl (C=O) groups excluding carboxylic acids is 1. The molecule has 2 aromatic rings. The molecular weight excluding hydrogens is 362 g/mol. The summed E-state index contributed by atoms with van der Waals surface area (Å²) in [6.45, 7) is 3.71. The van der Waals surface area contributed by atoms with E-state index in [-0.39, 0.29) is 13.0 Å². The zero-order valence-electron chi connectivity index (χ0n) is 16.2. The van der Waals surface area contributed by atoms with Crippen LogP contribution >= 0.6 is 0 Å². The van der Waals surface area contributed by atoms with E-state index in [1.54, 1.807) is 49.4 Å². The van der Waals surface area contributed by atoms with Gasteiger partial charge < -0.3 is 24.6 Å². The average Bonchev–Trinajstić information content (AvgIpc) is 2.67. The molecule has 1 unspecified atom stereocenters. The molecule has 7 heteroatoms. The molecule has 0 saturated carbocycles. The number of ether oxygens (including phenoxy) is 3. The maximum Gasteiger partial charge on any atom is 0.306 e. The largest absolute Gasteiger partial charge is 0.497 e. The van der Waals surface area contributed by atoms with Crippen LogP contribution in [0.2, 0.25) is 0 Å². The highest BCUT2D eigenvalue weighted by atomic mass is 16.5. The van der Waals surface area contributed by atoms with Gasteiger partial charge in [0.25, 0.3) is 5.91 Å². The van der Waals surface area contributed by atoms with Crippen molar-refractivity contribution in [2.24, 2.45) is 0 Å². The number of para-hydroxylation sites is 2. The first-order chi connectivity index (χ1) is 13.4. The normalized spacial score (nSPS) is 12.5. The molecule has 150 valence electrons. The van der Waals surface area contributed by atoms with Crippen molar-refractivity contribution in [3.8, 4) is 17.2 Å². The van der Waals surface area contributed by atoms with E-state index < -0.39 is 17.4 Å². The van der Waals surface area contributed by atoms with Gasteiger partial charge in [-0.2, -0.15) is 0 Å². The summed E-state index contributed by atoms with van der Waals surface area (Å²) < 4.78 is 16.2. The fourth-order valence-corrected chi connectivity index (χ4v) is 2.82. The molecule has 0 saturated heterocycles. The van der Waals surface area contributed by atoms with Crippen molar-refractivity contribution >= 4 is 11.9 Å². The van der Waals surface area contributed by atoms with Gasteiger partial charge in [0.2, 0.25) is 0 Å². The summed E-state index contributed by atoms with van der Waals surface area (Å²) >= 11 is 0. The summed E-state index contributed by atoms with van der Waals surface area (Å²) in [5, 5.41) is 12.1. The standard InChI is InChI=1S/C21H25NO6/c1-4-27-17-10-5-6-11-18(17)28-14-19(23)22-21(2,13-20(24)25)15-8-7-9-16(12-15)26-3/h5-12H,4,13-14H2,1-3H3,(H,22,23)(H,24,25). The molecule has 0 aliphatic carbocycles. The van der Waals surface area contributed by atoms with E-state index in [2.05, 4.69) is 5.32 Å². The Bertz CT molecular complexity index is 822. The number of nitrogens with one attached hydrogen (secondary N) is 1. The molecule has 1 amide bonds. The SMILES string of the molecule is CCOc1ccccc1OCC(=O)NC(C)(CC(=O)O)c1cccc(OC)c1. The summed E-state index contributed by atoms with van der Waals surface area (Å²) in [5.41, 5.74) is -0.502. The molecule has 0 heterocycles. The van der Waals surface area contributed by atoms with E-state index in [1.165, 1.54) is 7.11 Å². The average molecular weight is 387 g/mol. The maximum atomic E-state index is 12.5. The van der Waals surface area contributed by atoms with Crippen LogP contribution in [-0.2, 0) is 15.1 Å². The summed E-state index contributed by atoms with van der Waals surface area (Å²) in [6.07, 6.45) is -0.290. The second-order valence-corrected chi connectivity index (χ2v) is 6.35. The number of carboxylic acids is 1. The molecule has 2 N–H and O–H groups in total. The number of amides is 1. The highest BCUT2D eigenvalue weighted by Crippen LogP contribution is 2.29. The zero-order valence-corrected chi connectivity index (χ0v) is 16.2. The molecule has 2 aromatic carbocycles. The van der Waals surface area contributed by atoms with Crippen molar-refractivity contribution in [1.29, 1.82) is 0 Å². The second-order valence-electron chi connectivity index (χ2n) is 6.35. The quantitative estimate of drug-likeness (QED) is 0.651. The smallest absolute Gasteiger partial charge is 0.306 e. The number of hydrogen-bond acceptors (Lipinski definition) is 5. The Morgan fingerprint density at radius 3 is 2.36 bits per heavy atom. The summed E-state index contributed by atoms with van der Waals surface area (Å²) in [4.78, 5) is 23.9. The molecule has 28 heavy (non-hydrogen) atoms. The minimum absolute atomic E-state index is 0.275. The molecule has 0 aliphatic heterocycles. The number of rotatable bonds is 10. The maximum absolute atomic E-state index is 12.5. The van der Waals surface area contributed by atoms with Gasteiger partial charge in [-0.3, -0.25) is 9.59 Å². The Balaban J connectivity index is 2.13. The lowest BCUT2D eigenvalue weighted by molar-refractivity contribution is -0.139. The van der Waals surface area contributed by atoms with Gasteiger partial charge in [-0.05, 0) is 43.7 Å². The lowest BCUT2D eigenvalue weighted by Gasteiger charge is -2.30. The topological polar surface area (TPSA) is 94.1 Å². The van der Waals surface area contributed by atoms with Gasteiger partial charge in [0.1, 0.15) is 5.75 Å². The summed E-state index contributed by atoms with van der Waals surface area (Å²) in [5.74, 6) is 0.0797. The molecule has 0 bridgehead atoms. The van der Waals surface area contributed by atoms with Crippen LogP contribution in [-0.4, -0.2) is 37.3 Å². The van der Waals surface area contributed by atoms with Crippen LogP contribution in [0.25, 0.3) is 0 Å². The van der Waals surface area contributed by atoms with Crippen LogP contribution in [0.1, 0.15) is 25.8 Å². The predicted octanol–water partition coefficient (Wildman–Crippen LogP) is 2.98. The molecular formula is C21H25NO6. The van der Waals surface area contributed by atoms with Gasteiger partial charge in [0.15, 0.2) is 18.1 Å². The van der Waals surface area contributed by atoms with Crippen molar-refractivity contribution < 1.29 is 28.9 Å². The molecule has 1 atom stereocenters. The fourth-order valence-electron chi connectivity index (χ4n) is 2.82. The van der Waals surface area contributed by atoms with E-state index in [4.69, 9.17) is 14.2 Å². The molecule has 2 rings (SSSR count). The minimum Gasteiger partial charge on any atom is -0.497 e. The van der Waals surface area contributed by atoms with E-state index in [9.17, 15) is 14.7 Å². The minimum atomic E-state index is -1.12. The molecule has 0 radical (unpaired) electrons. The molecule has 7 nitrogen and oxygen atoms in total. The van der Waals surface area contributed by atoms with E-state index in [1.807, 2.05) is 13.0 Å². The monoisotopic (exact) mass is 387 g/mol. The van der Waals surface area contributed by atoms with Crippen LogP contribution in [0.15, 0.2) is 48.5 Å². The summed E-state index contributed by atoms with van der Waals surface area (Å²) in [6, 6.07) is 14.0. The van der Waals surface area contributed by atoms with Crippen molar-refractivity contribution in [1.82, 2.24) is 5.32 Å². The van der Waals surface area contributed by atoms with Gasteiger partial charge in [0, 0.05) is 0 Å². The van der Waals surface area contributed by atoms with Crippen LogP contribution in [0.3, 0.4) is 0 Å². The summed E-state index contributed by atoms with van der Waals surface area (Å²) in [7, 11) is 1.52. The third kappa shape index (κ3) is 5.64. The van der Waals surface area contributed by atoms with Crippen LogP contribution in [0.5, 0.6) is 17.2 Å². The van der Waals surface area contributed by atoms with Gasteiger partial charge in [-0.25, -0.2) is 0 Å². The van der Waals surface area contributed by atoms with Crippen LogP contribution in [0, 0.1) is 0 Å². The lowest BCUT2D eigenvalue weighted by Crippen LogP contribution is -2.46. The van der Waals surface area contributed by atoms with Crippen LogP contribution in [0.4, 0.5) is 0 Å². The van der Waals surface area contributed by atoms with Gasteiger partial charge in [0.05, 0.1) is 25.7 Å². The van der Waals surface area contributed by atoms with Crippen molar-refractivity contribution in [3.63, 3.8) is 0 Å². The van der Waals surface area contributed by atoms with Crippen molar-refractivity contribution in [3.05, 3.63) is 54.1 Å². The van der Waals surface area contributed by atoms with Crippen molar-refractivity contribution in [2.45, 2.75) is 25.8 Å². The number of hydrogen-bond donors (Lipinski definition) is 2. The number of benzene rings is 2.